The van der Waals surface area contributed by atoms with E-state index in [0.29, 0.717) is 12.6 Å². The maximum Gasteiger partial charge on any atom is 0.191 e. The molecule has 0 saturated carbocycles. The van der Waals surface area contributed by atoms with Gasteiger partial charge in [-0.1, -0.05) is 24.3 Å². The molecule has 0 radical (unpaired) electrons. The van der Waals surface area contributed by atoms with Crippen LogP contribution in [0, 0.1) is 0 Å². The summed E-state index contributed by atoms with van der Waals surface area (Å²) in [5.41, 5.74) is 2.59. The van der Waals surface area contributed by atoms with Crippen molar-refractivity contribution in [1.29, 1.82) is 0 Å². The molecular formula is C20H32N4O2. The number of hydrogen-bond donors (Lipinski definition) is 2. The van der Waals surface area contributed by atoms with Crippen molar-refractivity contribution in [2.24, 2.45) is 4.99 Å². The van der Waals surface area contributed by atoms with Crippen LogP contribution < -0.4 is 10.6 Å². The minimum absolute atomic E-state index is 0.315. The smallest absolute Gasteiger partial charge is 0.191 e. The minimum Gasteiger partial charge on any atom is -0.379 e. The van der Waals surface area contributed by atoms with Crippen LogP contribution in [0.2, 0.25) is 0 Å². The van der Waals surface area contributed by atoms with E-state index >= 15 is 0 Å². The Kier molecular flexibility index (Phi) is 7.73. The lowest BCUT2D eigenvalue weighted by atomic mass is 10.1. The second-order valence-corrected chi connectivity index (χ2v) is 6.92. The normalized spacial score (nSPS) is 21.7. The number of ether oxygens (including phenoxy) is 2. The number of hydrogen-bond acceptors (Lipinski definition) is 4. The van der Waals surface area contributed by atoms with E-state index in [1.807, 2.05) is 0 Å². The number of benzene rings is 1. The van der Waals surface area contributed by atoms with Gasteiger partial charge in [0.15, 0.2) is 5.96 Å². The van der Waals surface area contributed by atoms with Crippen molar-refractivity contribution < 1.29 is 9.47 Å². The first kappa shape index (κ1) is 19.1. The Balaban J connectivity index is 1.53. The van der Waals surface area contributed by atoms with E-state index in [1.165, 1.54) is 11.1 Å². The van der Waals surface area contributed by atoms with Crippen LogP contribution in [0.15, 0.2) is 29.3 Å². The molecular weight excluding hydrogens is 328 g/mol. The summed E-state index contributed by atoms with van der Waals surface area (Å²) in [5.74, 6) is 0.863. The van der Waals surface area contributed by atoms with E-state index in [9.17, 15) is 0 Å². The summed E-state index contributed by atoms with van der Waals surface area (Å²) in [6.07, 6.45) is 2.61. The zero-order valence-electron chi connectivity index (χ0n) is 15.9. The second-order valence-electron chi connectivity index (χ2n) is 6.92. The molecule has 1 atom stereocenters. The Morgan fingerprint density at radius 3 is 2.81 bits per heavy atom. The third-order valence-corrected chi connectivity index (χ3v) is 4.79. The Labute approximate surface area is 157 Å². The number of aliphatic imine (C=N–C) groups is 1. The molecule has 0 aliphatic carbocycles. The van der Waals surface area contributed by atoms with Crippen LogP contribution in [0.5, 0.6) is 0 Å². The van der Waals surface area contributed by atoms with Gasteiger partial charge in [0.1, 0.15) is 0 Å². The summed E-state index contributed by atoms with van der Waals surface area (Å²) in [5, 5.41) is 6.72. The van der Waals surface area contributed by atoms with E-state index in [4.69, 9.17) is 14.5 Å². The minimum atomic E-state index is 0.315. The Hall–Kier alpha value is -1.63. The van der Waals surface area contributed by atoms with Gasteiger partial charge in [-0.15, -0.1) is 0 Å². The highest BCUT2D eigenvalue weighted by atomic mass is 16.5. The van der Waals surface area contributed by atoms with Crippen LogP contribution in [0.3, 0.4) is 0 Å². The van der Waals surface area contributed by atoms with Crippen molar-refractivity contribution in [1.82, 2.24) is 15.5 Å². The first-order valence-corrected chi connectivity index (χ1v) is 9.85. The molecule has 2 N–H and O–H groups in total. The van der Waals surface area contributed by atoms with E-state index in [1.54, 1.807) is 0 Å². The highest BCUT2D eigenvalue weighted by Gasteiger charge is 2.15. The summed E-state index contributed by atoms with van der Waals surface area (Å²) < 4.78 is 11.1. The molecule has 0 bridgehead atoms. The number of rotatable bonds is 7. The zero-order valence-corrected chi connectivity index (χ0v) is 15.9. The lowest BCUT2D eigenvalue weighted by Crippen LogP contribution is -2.41. The number of morpholine rings is 1. The molecule has 2 saturated heterocycles. The molecule has 6 nitrogen and oxygen atoms in total. The molecule has 2 heterocycles. The van der Waals surface area contributed by atoms with E-state index in [2.05, 4.69) is 46.7 Å². The van der Waals surface area contributed by atoms with Crippen LogP contribution in [0.25, 0.3) is 0 Å². The van der Waals surface area contributed by atoms with E-state index in [-0.39, 0.29) is 0 Å². The highest BCUT2D eigenvalue weighted by Crippen LogP contribution is 2.12. The van der Waals surface area contributed by atoms with Gasteiger partial charge in [-0.3, -0.25) is 4.90 Å². The average molecular weight is 361 g/mol. The number of nitrogens with one attached hydrogen (secondary N) is 2. The summed E-state index contributed by atoms with van der Waals surface area (Å²) in [6.45, 7) is 10.0. The summed E-state index contributed by atoms with van der Waals surface area (Å²) in [4.78, 5) is 7.18. The van der Waals surface area contributed by atoms with Crippen molar-refractivity contribution >= 4 is 5.96 Å². The second kappa shape index (κ2) is 10.5. The van der Waals surface area contributed by atoms with Crippen LogP contribution in [-0.2, 0) is 22.6 Å². The predicted molar refractivity (Wildman–Crippen MR) is 104 cm³/mol. The maximum absolute atomic E-state index is 5.67. The predicted octanol–water partition coefficient (Wildman–Crippen LogP) is 1.75. The summed E-state index contributed by atoms with van der Waals surface area (Å²) in [6, 6.07) is 8.75. The fourth-order valence-electron chi connectivity index (χ4n) is 3.37. The number of guanidine groups is 1. The van der Waals surface area contributed by atoms with Gasteiger partial charge in [-0.05, 0) is 30.9 Å². The van der Waals surface area contributed by atoms with Crippen LogP contribution in [0.1, 0.15) is 30.9 Å². The quantitative estimate of drug-likeness (QED) is 0.573. The van der Waals surface area contributed by atoms with Gasteiger partial charge in [-0.2, -0.15) is 0 Å². The molecule has 1 aromatic carbocycles. The van der Waals surface area contributed by atoms with Gasteiger partial charge in [0, 0.05) is 39.3 Å². The van der Waals surface area contributed by atoms with Crippen molar-refractivity contribution in [3.63, 3.8) is 0 Å². The fraction of sp³-hybridized carbons (Fsp3) is 0.650. The first-order valence-electron chi connectivity index (χ1n) is 9.85. The van der Waals surface area contributed by atoms with E-state index < -0.39 is 0 Å². The number of nitrogens with zero attached hydrogens (tertiary/aromatic N) is 2. The van der Waals surface area contributed by atoms with Crippen LogP contribution >= 0.6 is 0 Å². The SMILES string of the molecule is CCNC(=NCc1cccc(CN2CCOCC2)c1)NCC1CCCO1. The molecule has 2 fully saturated rings. The maximum atomic E-state index is 5.67. The topological polar surface area (TPSA) is 58.1 Å². The summed E-state index contributed by atoms with van der Waals surface area (Å²) >= 11 is 0. The molecule has 6 heteroatoms. The molecule has 1 aromatic rings. The first-order chi connectivity index (χ1) is 12.8. The zero-order chi connectivity index (χ0) is 18.0. The lowest BCUT2D eigenvalue weighted by Gasteiger charge is -2.26. The third-order valence-electron chi connectivity index (χ3n) is 4.79. The standard InChI is InChI=1S/C20H32N4O2/c1-2-21-20(23-15-19-7-4-10-26-19)22-14-17-5-3-6-18(13-17)16-24-8-11-25-12-9-24/h3,5-6,13,19H,2,4,7-12,14-16H2,1H3,(H2,21,22,23). The van der Waals surface area contributed by atoms with Crippen LogP contribution in [0.4, 0.5) is 0 Å². The Bertz CT molecular complexity index is 567. The van der Waals surface area contributed by atoms with Gasteiger partial charge < -0.3 is 20.1 Å². The molecule has 0 amide bonds. The van der Waals surface area contributed by atoms with E-state index in [0.717, 1.165) is 71.3 Å². The van der Waals surface area contributed by atoms with Gasteiger partial charge >= 0.3 is 0 Å². The average Bonchev–Trinajstić information content (AvgIpc) is 3.19. The van der Waals surface area contributed by atoms with Crippen molar-refractivity contribution in [2.75, 3.05) is 46.0 Å². The lowest BCUT2D eigenvalue weighted by molar-refractivity contribution is 0.0342. The largest absolute Gasteiger partial charge is 0.379 e. The van der Waals surface area contributed by atoms with Crippen molar-refractivity contribution in [3.05, 3.63) is 35.4 Å². The molecule has 2 aliphatic rings. The molecule has 2 aliphatic heterocycles. The summed E-state index contributed by atoms with van der Waals surface area (Å²) in [7, 11) is 0. The van der Waals surface area contributed by atoms with Crippen LogP contribution in [-0.4, -0.2) is 63.0 Å². The van der Waals surface area contributed by atoms with Crippen molar-refractivity contribution in [3.8, 4) is 0 Å². The third kappa shape index (κ3) is 6.27. The highest BCUT2D eigenvalue weighted by molar-refractivity contribution is 5.79. The van der Waals surface area contributed by atoms with Gasteiger partial charge in [-0.25, -0.2) is 4.99 Å². The molecule has 0 spiro atoms. The van der Waals surface area contributed by atoms with Gasteiger partial charge in [0.25, 0.3) is 0 Å². The molecule has 3 rings (SSSR count). The molecule has 1 unspecified atom stereocenters. The van der Waals surface area contributed by atoms with Gasteiger partial charge in [0.05, 0.1) is 25.9 Å². The molecule has 144 valence electrons. The van der Waals surface area contributed by atoms with Crippen molar-refractivity contribution in [2.45, 2.75) is 39.0 Å². The molecule has 26 heavy (non-hydrogen) atoms. The van der Waals surface area contributed by atoms with Gasteiger partial charge in [0.2, 0.25) is 0 Å². The monoisotopic (exact) mass is 360 g/mol. The Morgan fingerprint density at radius 2 is 2.04 bits per heavy atom. The molecule has 0 aromatic heterocycles. The fourth-order valence-corrected chi connectivity index (χ4v) is 3.37. The Morgan fingerprint density at radius 1 is 1.19 bits per heavy atom.